The second-order valence-corrected chi connectivity index (χ2v) is 2.75. The molecule has 1 atom stereocenters. The molecule has 0 aliphatic carbocycles. The summed E-state index contributed by atoms with van der Waals surface area (Å²) in [5.41, 5.74) is 0.807. The van der Waals surface area contributed by atoms with Crippen molar-refractivity contribution in [3.63, 3.8) is 0 Å². The van der Waals surface area contributed by atoms with Gasteiger partial charge in [-0.1, -0.05) is 5.21 Å². The van der Waals surface area contributed by atoms with Crippen LogP contribution >= 0.6 is 0 Å². The zero-order valence-electron chi connectivity index (χ0n) is 9.23. The minimum absolute atomic E-state index is 0.202. The van der Waals surface area contributed by atoms with Crippen LogP contribution in [0.25, 0.3) is 0 Å². The van der Waals surface area contributed by atoms with E-state index in [0.717, 1.165) is 5.69 Å². The lowest BCUT2D eigenvalue weighted by Gasteiger charge is -2.08. The molecule has 0 saturated heterocycles. The van der Waals surface area contributed by atoms with E-state index in [-0.39, 0.29) is 6.29 Å². The quantitative estimate of drug-likeness (QED) is 0.749. The van der Waals surface area contributed by atoms with Gasteiger partial charge in [-0.05, 0) is 6.92 Å². The van der Waals surface area contributed by atoms with Crippen LogP contribution in [0.3, 0.4) is 0 Å². The summed E-state index contributed by atoms with van der Waals surface area (Å²) in [6.45, 7) is -1.40. The van der Waals surface area contributed by atoms with Gasteiger partial charge in [0.05, 0.1) is 12.8 Å². The van der Waals surface area contributed by atoms with E-state index in [9.17, 15) is 13.2 Å². The van der Waals surface area contributed by atoms with Crippen molar-refractivity contribution < 1.29 is 22.6 Å². The van der Waals surface area contributed by atoms with Gasteiger partial charge in [0.1, 0.15) is 5.69 Å². The van der Waals surface area contributed by atoms with E-state index >= 15 is 0 Å². The molecule has 0 N–H and O–H groups in total. The van der Waals surface area contributed by atoms with Crippen molar-refractivity contribution in [1.29, 1.82) is 0 Å². The molecule has 1 aromatic heterocycles. The van der Waals surface area contributed by atoms with Crippen molar-refractivity contribution in [3.05, 3.63) is 11.9 Å². The number of halogens is 3. The summed E-state index contributed by atoms with van der Waals surface area (Å²) in [4.78, 5) is 0. The first-order valence-corrected chi connectivity index (χ1v) is 4.37. The lowest BCUT2D eigenvalue weighted by atomic mass is 10.5. The maximum atomic E-state index is 9.67. The fourth-order valence-corrected chi connectivity index (χ4v) is 0.732. The number of nitrogens with zero attached hydrogens (tertiary/aromatic N) is 3. The molecule has 5 nitrogen and oxygen atoms in total. The van der Waals surface area contributed by atoms with Crippen molar-refractivity contribution in [2.75, 3.05) is 7.11 Å². The maximum absolute atomic E-state index is 9.67. The second-order valence-electron chi connectivity index (χ2n) is 2.75. The topological polar surface area (TPSA) is 49.2 Å². The van der Waals surface area contributed by atoms with Gasteiger partial charge in [0.2, 0.25) is 0 Å². The predicted octanol–water partition coefficient (Wildman–Crippen LogP) is 1.50. The number of aromatic nitrogens is 3. The Kier molecular flexibility index (Phi) is 7.48. The van der Waals surface area contributed by atoms with E-state index in [0.29, 0.717) is 6.61 Å². The van der Waals surface area contributed by atoms with Crippen molar-refractivity contribution in [1.82, 2.24) is 15.0 Å². The van der Waals surface area contributed by atoms with Gasteiger partial charge in [0, 0.05) is 14.2 Å². The van der Waals surface area contributed by atoms with Crippen LogP contribution in [0.4, 0.5) is 13.2 Å². The third-order valence-corrected chi connectivity index (χ3v) is 1.45. The van der Waals surface area contributed by atoms with Crippen molar-refractivity contribution in [2.24, 2.45) is 7.05 Å². The molecule has 1 rings (SSSR count). The Morgan fingerprint density at radius 3 is 2.38 bits per heavy atom. The minimum atomic E-state index is -3.67. The van der Waals surface area contributed by atoms with E-state index in [4.69, 9.17) is 9.47 Å². The predicted molar refractivity (Wildman–Crippen MR) is 49.4 cm³/mol. The summed E-state index contributed by atoms with van der Waals surface area (Å²) in [6, 6.07) is 0. The maximum Gasteiger partial charge on any atom is 0.379 e. The Morgan fingerprint density at radius 1 is 1.44 bits per heavy atom. The standard InChI is InChI=1S/C7H13N3O2.CHF3/c1-6(11-3)12-5-7-4-10(2)9-8-7;2-1(3)4/h4,6H,5H2,1-3H3;1H. The molecule has 0 radical (unpaired) electrons. The molecule has 0 fully saturated rings. The van der Waals surface area contributed by atoms with Crippen LogP contribution in [0.5, 0.6) is 0 Å². The van der Waals surface area contributed by atoms with E-state index in [1.807, 2.05) is 20.2 Å². The molecular weight excluding hydrogens is 227 g/mol. The molecule has 0 aromatic carbocycles. The van der Waals surface area contributed by atoms with Crippen LogP contribution in [0.15, 0.2) is 6.20 Å². The number of aryl methyl sites for hydroxylation is 1. The first-order chi connectivity index (χ1) is 7.45. The molecule has 1 heterocycles. The molecule has 0 saturated carbocycles. The number of methoxy groups -OCH3 is 1. The molecule has 0 amide bonds. The fourth-order valence-electron chi connectivity index (χ4n) is 0.732. The smallest absolute Gasteiger partial charge is 0.356 e. The largest absolute Gasteiger partial charge is 0.379 e. The second kappa shape index (κ2) is 8.05. The van der Waals surface area contributed by atoms with E-state index < -0.39 is 6.68 Å². The third-order valence-electron chi connectivity index (χ3n) is 1.45. The minimum Gasteiger partial charge on any atom is -0.356 e. The lowest BCUT2D eigenvalue weighted by Crippen LogP contribution is -2.09. The Labute approximate surface area is 91.1 Å². The Balaban J connectivity index is 0.000000487. The van der Waals surface area contributed by atoms with Crippen LogP contribution < -0.4 is 0 Å². The first-order valence-electron chi connectivity index (χ1n) is 4.37. The Hall–Kier alpha value is -1.15. The molecule has 0 bridgehead atoms. The van der Waals surface area contributed by atoms with Gasteiger partial charge in [0.15, 0.2) is 6.29 Å². The van der Waals surface area contributed by atoms with Gasteiger partial charge in [-0.2, -0.15) is 13.2 Å². The Morgan fingerprint density at radius 2 is 2.00 bits per heavy atom. The average Bonchev–Trinajstić information content (AvgIpc) is 2.60. The summed E-state index contributed by atoms with van der Waals surface area (Å²) in [6.07, 6.45) is 1.61. The molecule has 16 heavy (non-hydrogen) atoms. The lowest BCUT2D eigenvalue weighted by molar-refractivity contribution is -0.119. The van der Waals surface area contributed by atoms with Crippen molar-refractivity contribution >= 4 is 0 Å². The highest BCUT2D eigenvalue weighted by molar-refractivity contribution is 4.88. The summed E-state index contributed by atoms with van der Waals surface area (Å²) in [5, 5.41) is 7.62. The Bertz CT molecular complexity index is 280. The van der Waals surface area contributed by atoms with Gasteiger partial charge in [-0.3, -0.25) is 4.68 Å². The van der Waals surface area contributed by atoms with Crippen LogP contribution in [0.1, 0.15) is 12.6 Å². The monoisotopic (exact) mass is 241 g/mol. The summed E-state index contributed by atoms with van der Waals surface area (Å²) in [7, 11) is 3.41. The molecule has 0 spiro atoms. The number of hydrogen-bond donors (Lipinski definition) is 0. The van der Waals surface area contributed by atoms with Gasteiger partial charge in [-0.15, -0.1) is 5.10 Å². The normalized spacial score (nSPS) is 12.2. The zero-order valence-corrected chi connectivity index (χ0v) is 9.23. The number of ether oxygens (including phenoxy) is 2. The highest BCUT2D eigenvalue weighted by Gasteiger charge is 2.02. The highest BCUT2D eigenvalue weighted by atomic mass is 19.4. The molecule has 1 unspecified atom stereocenters. The number of alkyl halides is 3. The third kappa shape index (κ3) is 8.18. The van der Waals surface area contributed by atoms with E-state index in [2.05, 4.69) is 10.3 Å². The van der Waals surface area contributed by atoms with Crippen LogP contribution in [0.2, 0.25) is 0 Å². The van der Waals surface area contributed by atoms with Gasteiger partial charge >= 0.3 is 6.68 Å². The van der Waals surface area contributed by atoms with E-state index in [1.165, 1.54) is 0 Å². The zero-order chi connectivity index (χ0) is 12.6. The average molecular weight is 241 g/mol. The fraction of sp³-hybridized carbons (Fsp3) is 0.750. The molecule has 0 aliphatic rings. The van der Waals surface area contributed by atoms with Crippen LogP contribution in [-0.4, -0.2) is 35.1 Å². The van der Waals surface area contributed by atoms with Gasteiger partial charge < -0.3 is 9.47 Å². The highest BCUT2D eigenvalue weighted by Crippen LogP contribution is 1.98. The van der Waals surface area contributed by atoms with Gasteiger partial charge in [0.25, 0.3) is 0 Å². The summed E-state index contributed by atoms with van der Waals surface area (Å²) < 4.78 is 40.8. The van der Waals surface area contributed by atoms with E-state index in [1.54, 1.807) is 11.8 Å². The summed E-state index contributed by atoms with van der Waals surface area (Å²) in [5.74, 6) is 0. The molecule has 0 aliphatic heterocycles. The molecule has 1 aromatic rings. The summed E-state index contributed by atoms with van der Waals surface area (Å²) >= 11 is 0. The number of rotatable bonds is 4. The molecule has 94 valence electrons. The SMILES string of the molecule is COC(C)OCc1cn(C)nn1.FC(F)F. The van der Waals surface area contributed by atoms with Crippen LogP contribution in [-0.2, 0) is 23.1 Å². The number of hydrogen-bond acceptors (Lipinski definition) is 4. The van der Waals surface area contributed by atoms with Gasteiger partial charge in [-0.25, -0.2) is 0 Å². The molecule has 8 heteroatoms. The van der Waals surface area contributed by atoms with Crippen molar-refractivity contribution in [3.8, 4) is 0 Å². The van der Waals surface area contributed by atoms with Crippen LogP contribution in [0, 0.1) is 0 Å². The van der Waals surface area contributed by atoms with Crippen molar-refractivity contribution in [2.45, 2.75) is 26.5 Å². The first kappa shape index (κ1) is 14.8. The molecular formula is C8H14F3N3O2.